The normalized spacial score (nSPS) is 21.2. The molecule has 0 aliphatic carbocycles. The van der Waals surface area contributed by atoms with Crippen LogP contribution in [0.25, 0.3) is 0 Å². The number of hydrogen-bond acceptors (Lipinski definition) is 2. The fourth-order valence-corrected chi connectivity index (χ4v) is 1.20. The molecule has 1 aromatic rings. The molecule has 1 heterocycles. The van der Waals surface area contributed by atoms with E-state index >= 15 is 0 Å². The van der Waals surface area contributed by atoms with Gasteiger partial charge in [-0.1, -0.05) is 24.3 Å². The molecule has 3 heteroatoms. The molecular formula is C8H7FN2. The molecule has 1 unspecified atom stereocenters. The van der Waals surface area contributed by atoms with Gasteiger partial charge in [0.05, 0.1) is 0 Å². The fourth-order valence-electron chi connectivity index (χ4n) is 1.20. The second-order valence-corrected chi connectivity index (χ2v) is 2.44. The van der Waals surface area contributed by atoms with Gasteiger partial charge in [-0.2, -0.15) is 0 Å². The molecule has 2 nitrogen and oxygen atoms in total. The smallest absolute Gasteiger partial charge is 0.218 e. The van der Waals surface area contributed by atoms with Crippen molar-refractivity contribution in [2.24, 2.45) is 10.7 Å². The van der Waals surface area contributed by atoms with E-state index in [9.17, 15) is 4.39 Å². The maximum atomic E-state index is 12.9. The highest BCUT2D eigenvalue weighted by Crippen LogP contribution is 2.28. The standard InChI is InChI=1S/C8H7FN2/c9-7-5-3-1-2-4-6(5)8(10)11-7/h1-4,7H,(H2,10,11). The first kappa shape index (κ1) is 6.34. The minimum atomic E-state index is -1.26. The number of benzene rings is 1. The highest BCUT2D eigenvalue weighted by Gasteiger charge is 2.21. The number of alkyl halides is 1. The Labute approximate surface area is 63.6 Å². The van der Waals surface area contributed by atoms with Crippen LogP contribution >= 0.6 is 0 Å². The second-order valence-electron chi connectivity index (χ2n) is 2.44. The largest absolute Gasteiger partial charge is 0.383 e. The molecule has 1 aliphatic rings. The number of amidine groups is 1. The lowest BCUT2D eigenvalue weighted by molar-refractivity contribution is 0.364. The van der Waals surface area contributed by atoms with E-state index in [4.69, 9.17) is 5.73 Å². The van der Waals surface area contributed by atoms with Crippen LogP contribution in [0.4, 0.5) is 4.39 Å². The molecule has 0 saturated carbocycles. The Bertz CT molecular complexity index is 320. The number of aliphatic imine (C=N–C) groups is 1. The van der Waals surface area contributed by atoms with Gasteiger partial charge in [-0.3, -0.25) is 0 Å². The molecule has 0 bridgehead atoms. The molecule has 1 aromatic carbocycles. The predicted octanol–water partition coefficient (Wildman–Crippen LogP) is 1.37. The van der Waals surface area contributed by atoms with Gasteiger partial charge in [0.25, 0.3) is 0 Å². The molecule has 0 aromatic heterocycles. The van der Waals surface area contributed by atoms with Crippen molar-refractivity contribution in [1.29, 1.82) is 0 Å². The summed E-state index contributed by atoms with van der Waals surface area (Å²) in [7, 11) is 0. The maximum absolute atomic E-state index is 12.9. The fraction of sp³-hybridized carbons (Fsp3) is 0.125. The zero-order valence-electron chi connectivity index (χ0n) is 5.79. The lowest BCUT2D eigenvalue weighted by Gasteiger charge is -1.97. The second kappa shape index (κ2) is 2.05. The van der Waals surface area contributed by atoms with Gasteiger partial charge in [0.1, 0.15) is 5.84 Å². The summed E-state index contributed by atoms with van der Waals surface area (Å²) < 4.78 is 12.9. The molecule has 1 aliphatic heterocycles. The molecule has 2 N–H and O–H groups in total. The number of fused-ring (bicyclic) bond motifs is 1. The third-order valence-electron chi connectivity index (χ3n) is 1.75. The Balaban J connectivity index is 2.62. The van der Waals surface area contributed by atoms with Crippen LogP contribution in [-0.4, -0.2) is 5.84 Å². The van der Waals surface area contributed by atoms with Gasteiger partial charge in [-0.25, -0.2) is 9.38 Å². The highest BCUT2D eigenvalue weighted by atomic mass is 19.1. The minimum absolute atomic E-state index is 0.299. The summed E-state index contributed by atoms with van der Waals surface area (Å²) >= 11 is 0. The van der Waals surface area contributed by atoms with E-state index < -0.39 is 6.30 Å². The molecule has 0 saturated heterocycles. The molecule has 1 atom stereocenters. The summed E-state index contributed by atoms with van der Waals surface area (Å²) in [5.74, 6) is 0.299. The third kappa shape index (κ3) is 0.808. The minimum Gasteiger partial charge on any atom is -0.383 e. The molecule has 0 spiro atoms. The van der Waals surface area contributed by atoms with Gasteiger partial charge in [-0.05, 0) is 0 Å². The van der Waals surface area contributed by atoms with Crippen LogP contribution in [0.2, 0.25) is 0 Å². The van der Waals surface area contributed by atoms with Crippen LogP contribution in [0.5, 0.6) is 0 Å². The number of nitrogens with two attached hydrogens (primary N) is 1. The first-order valence-electron chi connectivity index (χ1n) is 3.35. The first-order chi connectivity index (χ1) is 5.29. The molecule has 2 rings (SSSR count). The van der Waals surface area contributed by atoms with Crippen molar-refractivity contribution < 1.29 is 4.39 Å². The van der Waals surface area contributed by atoms with Crippen molar-refractivity contribution in [3.63, 3.8) is 0 Å². The average Bonchev–Trinajstić information content (AvgIpc) is 2.30. The average molecular weight is 150 g/mol. The maximum Gasteiger partial charge on any atom is 0.218 e. The molecule has 0 radical (unpaired) electrons. The molecule has 0 fully saturated rings. The Morgan fingerprint density at radius 2 is 2.09 bits per heavy atom. The predicted molar refractivity (Wildman–Crippen MR) is 41.0 cm³/mol. The van der Waals surface area contributed by atoms with E-state index in [0.29, 0.717) is 11.4 Å². The zero-order valence-corrected chi connectivity index (χ0v) is 5.79. The highest BCUT2D eigenvalue weighted by molar-refractivity contribution is 6.01. The summed E-state index contributed by atoms with van der Waals surface area (Å²) in [5.41, 5.74) is 6.74. The van der Waals surface area contributed by atoms with Crippen LogP contribution in [0.1, 0.15) is 17.4 Å². The molecule has 11 heavy (non-hydrogen) atoms. The monoisotopic (exact) mass is 150 g/mol. The molecular weight excluding hydrogens is 143 g/mol. The van der Waals surface area contributed by atoms with Gasteiger partial charge in [-0.15, -0.1) is 0 Å². The van der Waals surface area contributed by atoms with Crippen molar-refractivity contribution in [3.05, 3.63) is 35.4 Å². The Kier molecular flexibility index (Phi) is 1.18. The van der Waals surface area contributed by atoms with E-state index in [-0.39, 0.29) is 0 Å². The SMILES string of the molecule is NC1=NC(F)c2ccccc21. The van der Waals surface area contributed by atoms with Crippen LogP contribution in [0, 0.1) is 0 Å². The van der Waals surface area contributed by atoms with Crippen molar-refractivity contribution in [1.82, 2.24) is 0 Å². The molecule has 0 amide bonds. The van der Waals surface area contributed by atoms with Crippen molar-refractivity contribution in [3.8, 4) is 0 Å². The van der Waals surface area contributed by atoms with Crippen LogP contribution in [0.15, 0.2) is 29.3 Å². The molecule has 56 valence electrons. The van der Waals surface area contributed by atoms with E-state index in [1.807, 2.05) is 6.07 Å². The van der Waals surface area contributed by atoms with Crippen molar-refractivity contribution >= 4 is 5.84 Å². The van der Waals surface area contributed by atoms with E-state index in [2.05, 4.69) is 4.99 Å². The summed E-state index contributed by atoms with van der Waals surface area (Å²) in [6.45, 7) is 0. The first-order valence-corrected chi connectivity index (χ1v) is 3.35. The number of nitrogens with zero attached hydrogens (tertiary/aromatic N) is 1. The number of rotatable bonds is 0. The third-order valence-corrected chi connectivity index (χ3v) is 1.75. The summed E-state index contributed by atoms with van der Waals surface area (Å²) in [6, 6.07) is 7.07. The van der Waals surface area contributed by atoms with Crippen molar-refractivity contribution in [2.75, 3.05) is 0 Å². The number of hydrogen-bond donors (Lipinski definition) is 1. The zero-order chi connectivity index (χ0) is 7.84. The topological polar surface area (TPSA) is 38.4 Å². The van der Waals surface area contributed by atoms with E-state index in [0.717, 1.165) is 5.56 Å². The summed E-state index contributed by atoms with van der Waals surface area (Å²) in [4.78, 5) is 3.58. The Hall–Kier alpha value is -1.38. The van der Waals surface area contributed by atoms with Gasteiger partial charge in [0.2, 0.25) is 6.30 Å². The lowest BCUT2D eigenvalue weighted by atomic mass is 10.1. The van der Waals surface area contributed by atoms with Gasteiger partial charge < -0.3 is 5.73 Å². The Morgan fingerprint density at radius 1 is 1.36 bits per heavy atom. The van der Waals surface area contributed by atoms with Crippen LogP contribution < -0.4 is 5.73 Å². The van der Waals surface area contributed by atoms with E-state index in [1.54, 1.807) is 18.2 Å². The van der Waals surface area contributed by atoms with Crippen LogP contribution in [-0.2, 0) is 0 Å². The summed E-state index contributed by atoms with van der Waals surface area (Å²) in [5, 5.41) is 0. The summed E-state index contributed by atoms with van der Waals surface area (Å²) in [6.07, 6.45) is -1.26. The Morgan fingerprint density at radius 3 is 2.82 bits per heavy atom. The van der Waals surface area contributed by atoms with Gasteiger partial charge in [0.15, 0.2) is 0 Å². The van der Waals surface area contributed by atoms with Crippen molar-refractivity contribution in [2.45, 2.75) is 6.30 Å². The number of halogens is 1. The quantitative estimate of drug-likeness (QED) is 0.557. The van der Waals surface area contributed by atoms with E-state index in [1.165, 1.54) is 0 Å². The lowest BCUT2D eigenvalue weighted by Crippen LogP contribution is -2.09. The van der Waals surface area contributed by atoms with Gasteiger partial charge >= 0.3 is 0 Å². The van der Waals surface area contributed by atoms with Crippen LogP contribution in [0.3, 0.4) is 0 Å². The van der Waals surface area contributed by atoms with Gasteiger partial charge in [0, 0.05) is 11.1 Å².